The Labute approximate surface area is 149 Å². The molecule has 1 fully saturated rings. The number of pyridine rings is 1. The Morgan fingerprint density at radius 2 is 1.92 bits per heavy atom. The number of carbonyl (C=O) groups excluding carboxylic acids is 1. The Morgan fingerprint density at radius 1 is 1.23 bits per heavy atom. The van der Waals surface area contributed by atoms with Crippen LogP contribution >= 0.6 is 0 Å². The second-order valence-corrected chi connectivity index (χ2v) is 6.21. The smallest absolute Gasteiger partial charge is 0.421 e. The number of rotatable bonds is 5. The SMILES string of the molecule is CCC(C(=O)N1CC(Oc2ncccc2C(F)(F)F)C1)c1ccccc1. The van der Waals surface area contributed by atoms with Gasteiger partial charge in [-0.3, -0.25) is 4.79 Å². The number of ether oxygens (including phenoxy) is 1. The molecule has 1 aliphatic rings. The lowest BCUT2D eigenvalue weighted by Crippen LogP contribution is -2.57. The van der Waals surface area contributed by atoms with Crippen molar-refractivity contribution in [2.75, 3.05) is 13.1 Å². The highest BCUT2D eigenvalue weighted by Gasteiger charge is 2.39. The average Bonchev–Trinajstić information content (AvgIpc) is 2.58. The van der Waals surface area contributed by atoms with Crippen molar-refractivity contribution in [1.82, 2.24) is 9.88 Å². The lowest BCUT2D eigenvalue weighted by molar-refractivity contribution is -0.146. The largest absolute Gasteiger partial charge is 0.470 e. The van der Waals surface area contributed by atoms with E-state index in [-0.39, 0.29) is 24.9 Å². The first-order chi connectivity index (χ1) is 12.4. The summed E-state index contributed by atoms with van der Waals surface area (Å²) in [7, 11) is 0. The number of hydrogen-bond acceptors (Lipinski definition) is 3. The molecule has 2 heterocycles. The van der Waals surface area contributed by atoms with Gasteiger partial charge in [-0.1, -0.05) is 37.3 Å². The number of benzene rings is 1. The van der Waals surface area contributed by atoms with Gasteiger partial charge in [-0.2, -0.15) is 13.2 Å². The fourth-order valence-electron chi connectivity index (χ4n) is 3.01. The van der Waals surface area contributed by atoms with E-state index in [1.54, 1.807) is 4.90 Å². The summed E-state index contributed by atoms with van der Waals surface area (Å²) >= 11 is 0. The third kappa shape index (κ3) is 3.81. The summed E-state index contributed by atoms with van der Waals surface area (Å²) in [4.78, 5) is 18.0. The van der Waals surface area contributed by atoms with Crippen LogP contribution in [0.15, 0.2) is 48.7 Å². The molecule has 4 nitrogen and oxygen atoms in total. The number of nitrogens with zero attached hydrogens (tertiary/aromatic N) is 2. The molecule has 26 heavy (non-hydrogen) atoms. The zero-order valence-corrected chi connectivity index (χ0v) is 14.2. The maximum absolute atomic E-state index is 13.0. The fraction of sp³-hybridized carbons (Fsp3) is 0.368. The Morgan fingerprint density at radius 3 is 2.54 bits per heavy atom. The third-order valence-electron chi connectivity index (χ3n) is 4.42. The Kier molecular flexibility index (Phi) is 5.15. The van der Waals surface area contributed by atoms with E-state index >= 15 is 0 Å². The summed E-state index contributed by atoms with van der Waals surface area (Å²) in [6.07, 6.45) is -3.09. The van der Waals surface area contributed by atoms with E-state index in [0.717, 1.165) is 11.6 Å². The van der Waals surface area contributed by atoms with Crippen molar-refractivity contribution < 1.29 is 22.7 Å². The van der Waals surface area contributed by atoms with Gasteiger partial charge in [0.25, 0.3) is 0 Å². The molecule has 138 valence electrons. The van der Waals surface area contributed by atoms with Gasteiger partial charge in [0, 0.05) is 6.20 Å². The molecular weight excluding hydrogens is 345 g/mol. The fourth-order valence-corrected chi connectivity index (χ4v) is 3.01. The summed E-state index contributed by atoms with van der Waals surface area (Å²) < 4.78 is 44.3. The van der Waals surface area contributed by atoms with Crippen LogP contribution in [0.1, 0.15) is 30.4 Å². The molecule has 7 heteroatoms. The molecule has 2 aromatic rings. The lowest BCUT2D eigenvalue weighted by atomic mass is 9.93. The monoisotopic (exact) mass is 364 g/mol. The molecule has 0 spiro atoms. The number of carbonyl (C=O) groups is 1. The van der Waals surface area contributed by atoms with E-state index < -0.39 is 23.7 Å². The van der Waals surface area contributed by atoms with Gasteiger partial charge in [0.1, 0.15) is 11.7 Å². The topological polar surface area (TPSA) is 42.4 Å². The van der Waals surface area contributed by atoms with Crippen LogP contribution in [0.25, 0.3) is 0 Å². The van der Waals surface area contributed by atoms with Crippen molar-refractivity contribution in [1.29, 1.82) is 0 Å². The molecule has 0 bridgehead atoms. The molecule has 0 radical (unpaired) electrons. The highest BCUT2D eigenvalue weighted by molar-refractivity contribution is 5.84. The van der Waals surface area contributed by atoms with Gasteiger partial charge in [-0.05, 0) is 24.1 Å². The highest BCUT2D eigenvalue weighted by atomic mass is 19.4. The van der Waals surface area contributed by atoms with Gasteiger partial charge in [-0.15, -0.1) is 0 Å². The van der Waals surface area contributed by atoms with Crippen LogP contribution in [0.2, 0.25) is 0 Å². The lowest BCUT2D eigenvalue weighted by Gasteiger charge is -2.40. The van der Waals surface area contributed by atoms with Crippen molar-refractivity contribution in [3.8, 4) is 5.88 Å². The minimum Gasteiger partial charge on any atom is -0.470 e. The Balaban J connectivity index is 1.62. The molecule has 0 aliphatic carbocycles. The van der Waals surface area contributed by atoms with E-state index in [1.165, 1.54) is 12.3 Å². The van der Waals surface area contributed by atoms with Crippen LogP contribution in [0, 0.1) is 0 Å². The average molecular weight is 364 g/mol. The zero-order chi connectivity index (χ0) is 18.7. The molecule has 1 saturated heterocycles. The molecule has 1 amide bonds. The predicted molar refractivity (Wildman–Crippen MR) is 89.7 cm³/mol. The number of hydrogen-bond donors (Lipinski definition) is 0. The summed E-state index contributed by atoms with van der Waals surface area (Å²) in [6, 6.07) is 11.6. The molecule has 0 N–H and O–H groups in total. The number of alkyl halides is 3. The van der Waals surface area contributed by atoms with E-state index in [4.69, 9.17) is 4.74 Å². The van der Waals surface area contributed by atoms with Crippen LogP contribution < -0.4 is 4.74 Å². The van der Waals surface area contributed by atoms with Gasteiger partial charge >= 0.3 is 6.18 Å². The van der Waals surface area contributed by atoms with E-state index in [0.29, 0.717) is 6.42 Å². The highest BCUT2D eigenvalue weighted by Crippen LogP contribution is 2.35. The predicted octanol–water partition coefficient (Wildman–Crippen LogP) is 3.88. The number of aromatic nitrogens is 1. The zero-order valence-electron chi connectivity index (χ0n) is 14.2. The third-order valence-corrected chi connectivity index (χ3v) is 4.42. The number of amides is 1. The molecule has 1 aliphatic heterocycles. The van der Waals surface area contributed by atoms with Gasteiger partial charge < -0.3 is 9.64 Å². The molecule has 1 unspecified atom stereocenters. The van der Waals surface area contributed by atoms with Crippen molar-refractivity contribution in [2.24, 2.45) is 0 Å². The minimum atomic E-state index is -4.52. The first-order valence-corrected chi connectivity index (χ1v) is 8.42. The molecule has 1 aromatic carbocycles. The first kappa shape index (κ1) is 18.2. The quantitative estimate of drug-likeness (QED) is 0.809. The maximum atomic E-state index is 13.0. The summed E-state index contributed by atoms with van der Waals surface area (Å²) in [5.74, 6) is -0.722. The molecule has 1 aromatic heterocycles. The van der Waals surface area contributed by atoms with Crippen molar-refractivity contribution in [3.63, 3.8) is 0 Å². The first-order valence-electron chi connectivity index (χ1n) is 8.42. The van der Waals surface area contributed by atoms with Gasteiger partial charge in [0.05, 0.1) is 19.0 Å². The van der Waals surface area contributed by atoms with Crippen molar-refractivity contribution in [3.05, 3.63) is 59.8 Å². The van der Waals surface area contributed by atoms with Crippen LogP contribution in [-0.2, 0) is 11.0 Å². The molecule has 1 atom stereocenters. The Bertz CT molecular complexity index is 759. The second-order valence-electron chi connectivity index (χ2n) is 6.21. The van der Waals surface area contributed by atoms with Gasteiger partial charge in [0.15, 0.2) is 0 Å². The molecular formula is C19H19F3N2O2. The number of halogens is 3. The Hall–Kier alpha value is -2.57. The standard InChI is InChI=1S/C19H19F3N2O2/c1-2-15(13-7-4-3-5-8-13)18(25)24-11-14(12-24)26-17-16(19(20,21)22)9-6-10-23-17/h3-10,14-15H,2,11-12H2,1H3. The van der Waals surface area contributed by atoms with Crippen LogP contribution in [0.3, 0.4) is 0 Å². The van der Waals surface area contributed by atoms with Gasteiger partial charge in [-0.25, -0.2) is 4.98 Å². The summed E-state index contributed by atoms with van der Waals surface area (Å²) in [5.41, 5.74) is 0.0361. The van der Waals surface area contributed by atoms with E-state index in [1.807, 2.05) is 37.3 Å². The van der Waals surface area contributed by atoms with Crippen LogP contribution in [0.4, 0.5) is 13.2 Å². The minimum absolute atomic E-state index is 0.0318. The van der Waals surface area contributed by atoms with Crippen LogP contribution in [-0.4, -0.2) is 35.0 Å². The van der Waals surface area contributed by atoms with Crippen molar-refractivity contribution in [2.45, 2.75) is 31.5 Å². The number of likely N-dealkylation sites (tertiary alicyclic amines) is 1. The summed E-state index contributed by atoms with van der Waals surface area (Å²) in [5, 5.41) is 0. The maximum Gasteiger partial charge on any atom is 0.421 e. The summed E-state index contributed by atoms with van der Waals surface area (Å²) in [6.45, 7) is 2.46. The van der Waals surface area contributed by atoms with Crippen molar-refractivity contribution >= 4 is 5.91 Å². The molecule has 0 saturated carbocycles. The van der Waals surface area contributed by atoms with E-state index in [9.17, 15) is 18.0 Å². The second kappa shape index (κ2) is 7.35. The van der Waals surface area contributed by atoms with Crippen LogP contribution in [0.5, 0.6) is 5.88 Å². The van der Waals surface area contributed by atoms with Gasteiger partial charge in [0.2, 0.25) is 11.8 Å². The van der Waals surface area contributed by atoms with E-state index in [2.05, 4.69) is 4.98 Å². The normalized spacial score (nSPS) is 16.1. The molecule has 3 rings (SSSR count).